The van der Waals surface area contributed by atoms with Crippen molar-refractivity contribution < 1.29 is 9.53 Å². The molecule has 0 radical (unpaired) electrons. The van der Waals surface area contributed by atoms with Crippen LogP contribution in [0, 0.1) is 0 Å². The second-order valence-electron chi connectivity index (χ2n) is 9.66. The van der Waals surface area contributed by atoms with Crippen molar-refractivity contribution in [3.8, 4) is 17.5 Å². The molecule has 0 atom stereocenters. The Morgan fingerprint density at radius 2 is 1.23 bits per heavy atom. The maximum Gasteiger partial charge on any atom is 0.412 e. The molecule has 0 saturated carbocycles. The summed E-state index contributed by atoms with van der Waals surface area (Å²) in [5.74, 6) is 2.17. The molecule has 0 aliphatic heterocycles. The summed E-state index contributed by atoms with van der Waals surface area (Å²) in [6.07, 6.45) is 15.0. The molecule has 3 N–H and O–H groups in total. The molecule has 6 aromatic heterocycles. The van der Waals surface area contributed by atoms with Gasteiger partial charge in [-0.2, -0.15) is 15.3 Å². The highest BCUT2D eigenvalue weighted by Gasteiger charge is 2.16. The van der Waals surface area contributed by atoms with Crippen LogP contribution in [0.1, 0.15) is 20.8 Å². The van der Waals surface area contributed by atoms with Gasteiger partial charge in [-0.25, -0.2) is 33.8 Å². The molecule has 6 aromatic rings. The van der Waals surface area contributed by atoms with Gasteiger partial charge >= 0.3 is 6.09 Å². The number of nitrogens with zero attached hydrogens (tertiary/aromatic N) is 9. The maximum absolute atomic E-state index is 11.6. The van der Waals surface area contributed by atoms with Crippen molar-refractivity contribution in [3.05, 3.63) is 115 Å². The summed E-state index contributed by atoms with van der Waals surface area (Å²) in [6, 6.07) is 16.2. The van der Waals surface area contributed by atoms with E-state index in [1.165, 1.54) is 0 Å². The van der Waals surface area contributed by atoms with Gasteiger partial charge in [-0.1, -0.05) is 15.9 Å². The van der Waals surface area contributed by atoms with Crippen LogP contribution >= 0.6 is 15.9 Å². The van der Waals surface area contributed by atoms with Crippen LogP contribution in [0.25, 0.3) is 17.5 Å². The van der Waals surface area contributed by atoms with E-state index in [-0.39, 0.29) is 0 Å². The lowest BCUT2D eigenvalue weighted by Gasteiger charge is -2.19. The number of ether oxygens (including phenoxy) is 1. The van der Waals surface area contributed by atoms with E-state index in [9.17, 15) is 4.79 Å². The van der Waals surface area contributed by atoms with Crippen LogP contribution in [0.15, 0.2) is 115 Å². The molecule has 43 heavy (non-hydrogen) atoms. The molecule has 0 aliphatic rings. The van der Waals surface area contributed by atoms with E-state index in [0.29, 0.717) is 17.2 Å². The first kappa shape index (κ1) is 30.6. The molecule has 0 aromatic carbocycles. The summed E-state index contributed by atoms with van der Waals surface area (Å²) in [4.78, 5) is 24.1. The average molecular weight is 645 g/mol. The van der Waals surface area contributed by atoms with Crippen molar-refractivity contribution in [1.82, 2.24) is 44.3 Å². The van der Waals surface area contributed by atoms with E-state index in [1.54, 1.807) is 87.8 Å². The van der Waals surface area contributed by atoms with E-state index < -0.39 is 11.7 Å². The summed E-state index contributed by atoms with van der Waals surface area (Å²) in [5, 5.41) is 14.8. The van der Waals surface area contributed by atoms with Gasteiger partial charge < -0.3 is 10.5 Å². The number of amides is 1. The number of anilines is 2. The van der Waals surface area contributed by atoms with Crippen LogP contribution in [0.4, 0.5) is 16.2 Å². The van der Waals surface area contributed by atoms with Gasteiger partial charge in [0, 0.05) is 83.8 Å². The molecule has 0 saturated heterocycles. The highest BCUT2D eigenvalue weighted by molar-refractivity contribution is 9.10. The normalized spacial score (nSPS) is 10.5. The fourth-order valence-corrected chi connectivity index (χ4v) is 3.66. The zero-order valence-corrected chi connectivity index (χ0v) is 25.3. The summed E-state index contributed by atoms with van der Waals surface area (Å²) in [5.41, 5.74) is 6.35. The van der Waals surface area contributed by atoms with E-state index in [2.05, 4.69) is 51.5 Å². The molecule has 13 nitrogen and oxygen atoms in total. The minimum absolute atomic E-state index is 0.495. The number of aromatic nitrogens is 9. The van der Waals surface area contributed by atoms with Crippen molar-refractivity contribution in [2.45, 2.75) is 26.4 Å². The minimum Gasteiger partial charge on any atom is -0.444 e. The van der Waals surface area contributed by atoms with Gasteiger partial charge in [0.15, 0.2) is 17.5 Å². The number of carbonyl (C=O) groups excluding carboxylic acids is 1. The lowest BCUT2D eigenvalue weighted by atomic mass is 10.2. The Morgan fingerprint density at radius 3 is 1.70 bits per heavy atom. The van der Waals surface area contributed by atoms with Crippen LogP contribution in [0.2, 0.25) is 0 Å². The summed E-state index contributed by atoms with van der Waals surface area (Å²) < 4.78 is 11.2. The van der Waals surface area contributed by atoms with Crippen molar-refractivity contribution in [3.63, 3.8) is 0 Å². The number of nitrogens with two attached hydrogens (primary N) is 1. The third-order valence-corrected chi connectivity index (χ3v) is 5.58. The Kier molecular flexibility index (Phi) is 10.3. The number of nitrogens with one attached hydrogen (secondary N) is 1. The van der Waals surface area contributed by atoms with Gasteiger partial charge in [-0.15, -0.1) is 0 Å². The number of hydrogen-bond acceptors (Lipinski definition) is 9. The molecule has 0 unspecified atom stereocenters. The summed E-state index contributed by atoms with van der Waals surface area (Å²) >= 11 is 3.37. The number of rotatable bonds is 4. The smallest absolute Gasteiger partial charge is 0.412 e. The van der Waals surface area contributed by atoms with E-state index in [4.69, 9.17) is 10.5 Å². The Hall–Kier alpha value is -5.37. The molecule has 0 bridgehead atoms. The third-order valence-electron chi connectivity index (χ3n) is 5.09. The number of carbonyl (C=O) groups is 1. The lowest BCUT2D eigenvalue weighted by Crippen LogP contribution is -2.27. The second kappa shape index (κ2) is 14.5. The number of hydrogen-bond donors (Lipinski definition) is 2. The minimum atomic E-state index is -0.526. The molecule has 6 rings (SSSR count). The largest absolute Gasteiger partial charge is 0.444 e. The zero-order chi connectivity index (χ0) is 30.7. The monoisotopic (exact) mass is 643 g/mol. The fraction of sp³-hybridized carbons (Fsp3) is 0.138. The van der Waals surface area contributed by atoms with Gasteiger partial charge in [-0.05, 0) is 63.2 Å². The third kappa shape index (κ3) is 9.89. The fourth-order valence-electron chi connectivity index (χ4n) is 3.33. The first-order chi connectivity index (χ1) is 20.7. The zero-order valence-electron chi connectivity index (χ0n) is 23.7. The molecule has 1 amide bonds. The van der Waals surface area contributed by atoms with Crippen LogP contribution in [-0.2, 0) is 4.74 Å². The molecule has 0 aliphatic carbocycles. The molecule has 220 valence electrons. The van der Waals surface area contributed by atoms with Gasteiger partial charge in [0.25, 0.3) is 0 Å². The Labute approximate surface area is 256 Å². The van der Waals surface area contributed by atoms with Crippen molar-refractivity contribution >= 4 is 33.4 Å². The topological polar surface area (TPSA) is 156 Å². The molecular weight excluding hydrogens is 614 g/mol. The Bertz CT molecular complexity index is 1620. The highest BCUT2D eigenvalue weighted by atomic mass is 79.9. The van der Waals surface area contributed by atoms with Crippen LogP contribution in [0.3, 0.4) is 0 Å². The van der Waals surface area contributed by atoms with Crippen molar-refractivity contribution in [1.29, 1.82) is 0 Å². The lowest BCUT2D eigenvalue weighted by molar-refractivity contribution is 0.0636. The Morgan fingerprint density at radius 1 is 0.744 bits per heavy atom. The predicted molar refractivity (Wildman–Crippen MR) is 166 cm³/mol. The van der Waals surface area contributed by atoms with Crippen molar-refractivity contribution in [2.24, 2.45) is 0 Å². The molecule has 6 heterocycles. The quantitative estimate of drug-likeness (QED) is 0.253. The first-order valence-corrected chi connectivity index (χ1v) is 13.7. The van der Waals surface area contributed by atoms with Crippen LogP contribution < -0.4 is 11.1 Å². The Balaban J connectivity index is 0.000000154. The molecule has 0 fully saturated rings. The van der Waals surface area contributed by atoms with Crippen LogP contribution in [-0.4, -0.2) is 56.0 Å². The SMILES string of the molecule is Brc1ccnc(-n2cccn2)c1.CC(C)(C)OC(=O)Nc1ccnc(-n2cccn2)c1.Nc1ccnc(-n2cccn2)c1. The van der Waals surface area contributed by atoms with Crippen molar-refractivity contribution in [2.75, 3.05) is 11.1 Å². The molecule has 14 heteroatoms. The number of pyridine rings is 3. The predicted octanol–water partition coefficient (Wildman–Crippen LogP) is 5.49. The number of halogens is 1. The highest BCUT2D eigenvalue weighted by Crippen LogP contribution is 2.14. The van der Waals surface area contributed by atoms with Gasteiger partial charge in [-0.3, -0.25) is 5.32 Å². The second-order valence-corrected chi connectivity index (χ2v) is 10.6. The maximum atomic E-state index is 11.6. The van der Waals surface area contributed by atoms with E-state index in [1.807, 2.05) is 57.4 Å². The summed E-state index contributed by atoms with van der Waals surface area (Å²) in [6.45, 7) is 5.44. The van der Waals surface area contributed by atoms with E-state index in [0.717, 1.165) is 16.1 Å². The summed E-state index contributed by atoms with van der Waals surface area (Å²) in [7, 11) is 0. The van der Waals surface area contributed by atoms with Gasteiger partial charge in [0.05, 0.1) is 0 Å². The standard InChI is InChI=1S/C13H16N4O2.C8H6BrN3.C8H8N4/c1-13(2,3)19-12(18)16-10-5-7-14-11(9-10)17-8-4-6-15-17;2*9-7-2-4-10-8(6-7)12-5-1-3-11-12/h4-9H,1-3H3,(H,14,16,18);1-6H;1-6H,(H2,9,10). The van der Waals surface area contributed by atoms with E-state index >= 15 is 0 Å². The average Bonchev–Trinajstić information content (AvgIpc) is 3.77. The number of nitrogen functional groups attached to an aromatic ring is 1. The van der Waals surface area contributed by atoms with Gasteiger partial charge in [0.2, 0.25) is 0 Å². The first-order valence-electron chi connectivity index (χ1n) is 13.0. The molecule has 0 spiro atoms. The van der Waals surface area contributed by atoms with Crippen LogP contribution in [0.5, 0.6) is 0 Å². The van der Waals surface area contributed by atoms with Gasteiger partial charge in [0.1, 0.15) is 5.60 Å². The molecular formula is C29H30BrN11O2.